The molecule has 2 aromatic rings. The molecule has 0 amide bonds. The molecule has 2 rings (SSSR count). The lowest BCUT2D eigenvalue weighted by atomic mass is 9.80. The third-order valence-electron chi connectivity index (χ3n) is 3.85. The summed E-state index contributed by atoms with van der Waals surface area (Å²) in [5.41, 5.74) is 0.445. The Morgan fingerprint density at radius 3 is 2.32 bits per heavy atom. The Labute approximate surface area is 114 Å². The van der Waals surface area contributed by atoms with Gasteiger partial charge in [-0.1, -0.05) is 45.0 Å². The second-order valence-electron chi connectivity index (χ2n) is 5.43. The molecule has 0 spiro atoms. The van der Waals surface area contributed by atoms with E-state index in [4.69, 9.17) is 4.74 Å². The molecular weight excluding hydrogens is 236 g/mol. The predicted molar refractivity (Wildman–Crippen MR) is 78.9 cm³/mol. The molecule has 0 atom stereocenters. The first-order valence-electron chi connectivity index (χ1n) is 6.62. The summed E-state index contributed by atoms with van der Waals surface area (Å²) in [5.74, 6) is 0.996. The number of benzene rings is 2. The molecule has 0 aliphatic heterocycles. The molecule has 0 aliphatic carbocycles. The summed E-state index contributed by atoms with van der Waals surface area (Å²) >= 11 is 0. The molecule has 0 N–H and O–H groups in total. The minimum absolute atomic E-state index is 0.189. The Morgan fingerprint density at radius 1 is 1.11 bits per heavy atom. The Bertz CT molecular complexity index is 612. The first-order valence-corrected chi connectivity index (χ1v) is 6.62. The van der Waals surface area contributed by atoms with E-state index in [2.05, 4.69) is 0 Å². The fraction of sp³-hybridized carbons (Fsp3) is 0.353. The molecule has 0 aromatic heterocycles. The van der Waals surface area contributed by atoms with E-state index in [1.165, 1.54) is 0 Å². The first-order chi connectivity index (χ1) is 9.01. The number of carbonyl (C=O) groups is 1. The van der Waals surface area contributed by atoms with Crippen LogP contribution in [0.4, 0.5) is 0 Å². The maximum atomic E-state index is 12.7. The zero-order valence-electron chi connectivity index (χ0n) is 12.0. The Balaban J connectivity index is 2.66. The van der Waals surface area contributed by atoms with Crippen LogP contribution in [-0.2, 0) is 0 Å². The summed E-state index contributed by atoms with van der Waals surface area (Å²) in [6.07, 6.45) is 0.826. The molecule has 0 aliphatic rings. The fourth-order valence-corrected chi connectivity index (χ4v) is 2.17. The van der Waals surface area contributed by atoms with Gasteiger partial charge in [0.25, 0.3) is 0 Å². The molecule has 0 heterocycles. The van der Waals surface area contributed by atoms with Gasteiger partial charge in [-0.2, -0.15) is 0 Å². The summed E-state index contributed by atoms with van der Waals surface area (Å²) in [7, 11) is 1.65. The zero-order chi connectivity index (χ0) is 14.0. The zero-order valence-corrected chi connectivity index (χ0v) is 12.0. The number of Topliss-reactive ketones (excluding diaryl/α,β-unsaturated/α-hetero) is 1. The van der Waals surface area contributed by atoms with Crippen LogP contribution >= 0.6 is 0 Å². The predicted octanol–water partition coefficient (Wildman–Crippen LogP) is 4.47. The molecule has 100 valence electrons. The minimum atomic E-state index is -0.336. The quantitative estimate of drug-likeness (QED) is 0.754. The van der Waals surface area contributed by atoms with Crippen LogP contribution in [0.3, 0.4) is 0 Å². The smallest absolute Gasteiger partial charge is 0.169 e. The van der Waals surface area contributed by atoms with Crippen molar-refractivity contribution in [2.75, 3.05) is 7.11 Å². The van der Waals surface area contributed by atoms with Gasteiger partial charge in [-0.05, 0) is 23.9 Å². The number of methoxy groups -OCH3 is 1. The van der Waals surface area contributed by atoms with Gasteiger partial charge < -0.3 is 4.74 Å². The second kappa shape index (κ2) is 5.04. The summed E-state index contributed by atoms with van der Waals surface area (Å²) in [6, 6.07) is 11.6. The second-order valence-corrected chi connectivity index (χ2v) is 5.43. The third kappa shape index (κ3) is 2.35. The van der Waals surface area contributed by atoms with Gasteiger partial charge in [-0.25, -0.2) is 0 Å². The summed E-state index contributed by atoms with van der Waals surface area (Å²) < 4.78 is 5.36. The van der Waals surface area contributed by atoms with Gasteiger partial charge >= 0.3 is 0 Å². The molecule has 0 fully saturated rings. The van der Waals surface area contributed by atoms with E-state index < -0.39 is 0 Å². The van der Waals surface area contributed by atoms with E-state index in [-0.39, 0.29) is 11.2 Å². The number of fused-ring (bicyclic) bond motifs is 1. The molecular formula is C17H20O2. The van der Waals surface area contributed by atoms with Crippen molar-refractivity contribution in [2.45, 2.75) is 27.2 Å². The molecule has 2 aromatic carbocycles. The van der Waals surface area contributed by atoms with Crippen LogP contribution in [0, 0.1) is 5.41 Å². The maximum absolute atomic E-state index is 12.7. The van der Waals surface area contributed by atoms with Crippen molar-refractivity contribution in [3.05, 3.63) is 42.0 Å². The van der Waals surface area contributed by atoms with Gasteiger partial charge in [-0.15, -0.1) is 0 Å². The molecule has 2 heteroatoms. The van der Waals surface area contributed by atoms with E-state index in [1.54, 1.807) is 7.11 Å². The van der Waals surface area contributed by atoms with Crippen LogP contribution < -0.4 is 4.74 Å². The number of carbonyl (C=O) groups excluding carboxylic acids is 1. The van der Waals surface area contributed by atoms with E-state index in [1.807, 2.05) is 57.2 Å². The van der Waals surface area contributed by atoms with Crippen molar-refractivity contribution in [3.8, 4) is 5.75 Å². The Morgan fingerprint density at radius 2 is 1.74 bits per heavy atom. The van der Waals surface area contributed by atoms with Gasteiger partial charge in [0.2, 0.25) is 0 Å². The van der Waals surface area contributed by atoms with Crippen molar-refractivity contribution in [3.63, 3.8) is 0 Å². The highest BCUT2D eigenvalue weighted by Gasteiger charge is 2.28. The number of ether oxygens (including phenoxy) is 1. The van der Waals surface area contributed by atoms with Crippen molar-refractivity contribution in [1.82, 2.24) is 0 Å². The molecule has 0 unspecified atom stereocenters. The standard InChI is InChI=1S/C17H20O2/c1-5-17(2,3)16(18)14-10-11-15(19-4)13-9-7-6-8-12(13)14/h6-11H,5H2,1-4H3. The normalized spacial score (nSPS) is 11.6. The highest BCUT2D eigenvalue weighted by Crippen LogP contribution is 2.33. The van der Waals surface area contributed by atoms with Crippen LogP contribution in [0.5, 0.6) is 5.75 Å². The number of hydrogen-bond acceptors (Lipinski definition) is 2. The van der Waals surface area contributed by atoms with Crippen LogP contribution in [-0.4, -0.2) is 12.9 Å². The van der Waals surface area contributed by atoms with Crippen LogP contribution in [0.15, 0.2) is 36.4 Å². The molecule has 2 nitrogen and oxygen atoms in total. The van der Waals surface area contributed by atoms with Crippen LogP contribution in [0.25, 0.3) is 10.8 Å². The Hall–Kier alpha value is -1.83. The number of rotatable bonds is 4. The van der Waals surface area contributed by atoms with Crippen molar-refractivity contribution in [2.24, 2.45) is 5.41 Å². The van der Waals surface area contributed by atoms with Crippen molar-refractivity contribution in [1.29, 1.82) is 0 Å². The third-order valence-corrected chi connectivity index (χ3v) is 3.85. The minimum Gasteiger partial charge on any atom is -0.496 e. The SMILES string of the molecule is CCC(C)(C)C(=O)c1ccc(OC)c2ccccc12. The molecule has 0 saturated heterocycles. The van der Waals surface area contributed by atoms with E-state index in [9.17, 15) is 4.79 Å². The van der Waals surface area contributed by atoms with Crippen LogP contribution in [0.1, 0.15) is 37.6 Å². The average Bonchev–Trinajstić information content (AvgIpc) is 2.45. The lowest BCUT2D eigenvalue weighted by molar-refractivity contribution is 0.0835. The summed E-state index contributed by atoms with van der Waals surface area (Å²) in [4.78, 5) is 12.7. The van der Waals surface area contributed by atoms with Crippen molar-refractivity contribution >= 4 is 16.6 Å². The van der Waals surface area contributed by atoms with Gasteiger partial charge in [0.05, 0.1) is 7.11 Å². The monoisotopic (exact) mass is 256 g/mol. The topological polar surface area (TPSA) is 26.3 Å². The fourth-order valence-electron chi connectivity index (χ4n) is 2.17. The molecule has 19 heavy (non-hydrogen) atoms. The molecule has 0 radical (unpaired) electrons. The summed E-state index contributed by atoms with van der Waals surface area (Å²) in [5, 5.41) is 1.95. The van der Waals surface area contributed by atoms with E-state index >= 15 is 0 Å². The van der Waals surface area contributed by atoms with E-state index in [0.717, 1.165) is 28.5 Å². The number of ketones is 1. The lowest BCUT2D eigenvalue weighted by Gasteiger charge is -2.22. The van der Waals surface area contributed by atoms with E-state index in [0.29, 0.717) is 0 Å². The highest BCUT2D eigenvalue weighted by molar-refractivity contribution is 6.11. The van der Waals surface area contributed by atoms with Crippen LogP contribution in [0.2, 0.25) is 0 Å². The first kappa shape index (κ1) is 13.6. The molecule has 0 saturated carbocycles. The van der Waals surface area contributed by atoms with Gasteiger partial charge in [0.15, 0.2) is 5.78 Å². The largest absolute Gasteiger partial charge is 0.496 e. The molecule has 0 bridgehead atoms. The summed E-state index contributed by atoms with van der Waals surface area (Å²) in [6.45, 7) is 6.03. The van der Waals surface area contributed by atoms with Gasteiger partial charge in [0, 0.05) is 16.4 Å². The average molecular weight is 256 g/mol. The van der Waals surface area contributed by atoms with Crippen molar-refractivity contribution < 1.29 is 9.53 Å². The van der Waals surface area contributed by atoms with Gasteiger partial charge in [-0.3, -0.25) is 4.79 Å². The number of hydrogen-bond donors (Lipinski definition) is 0. The maximum Gasteiger partial charge on any atom is 0.169 e. The highest BCUT2D eigenvalue weighted by atomic mass is 16.5. The van der Waals surface area contributed by atoms with Gasteiger partial charge in [0.1, 0.15) is 5.75 Å². The lowest BCUT2D eigenvalue weighted by Crippen LogP contribution is -2.23. The Kier molecular flexibility index (Phi) is 3.61.